The molecule has 0 radical (unpaired) electrons. The molecular weight excluding hydrogens is 299 g/mol. The fourth-order valence-electron chi connectivity index (χ4n) is 0.879. The normalized spacial score (nSPS) is 12.3. The van der Waals surface area contributed by atoms with Crippen molar-refractivity contribution in [2.45, 2.75) is 32.2 Å². The standard InChI is InChI=1S/C8H13N3O3.C2HF3O2/c1-3-5(9)7(12)8-11-10-6(14-8)4-13-2;3-2(4,5)1(6)7/h5H,3-4,9H2,1-2H3;(H,6,7). The second kappa shape index (κ2) is 8.32. The highest BCUT2D eigenvalue weighted by molar-refractivity contribution is 5.95. The Hall–Kier alpha value is -2.01. The maximum atomic E-state index is 11.4. The summed E-state index contributed by atoms with van der Waals surface area (Å²) in [5, 5.41) is 14.3. The van der Waals surface area contributed by atoms with Crippen molar-refractivity contribution in [3.05, 3.63) is 11.8 Å². The molecule has 0 saturated heterocycles. The molecule has 120 valence electrons. The van der Waals surface area contributed by atoms with Crippen LogP contribution in [0.25, 0.3) is 0 Å². The van der Waals surface area contributed by atoms with Crippen LogP contribution in [0.3, 0.4) is 0 Å². The van der Waals surface area contributed by atoms with Crippen molar-refractivity contribution in [2.24, 2.45) is 5.73 Å². The predicted octanol–water partition coefficient (Wildman–Crippen LogP) is 0.769. The number of nitrogens with two attached hydrogens (primary N) is 1. The molecule has 1 atom stereocenters. The minimum atomic E-state index is -5.08. The van der Waals surface area contributed by atoms with Gasteiger partial charge in [-0.3, -0.25) is 4.79 Å². The van der Waals surface area contributed by atoms with Gasteiger partial charge in [0.05, 0.1) is 6.04 Å². The van der Waals surface area contributed by atoms with Gasteiger partial charge in [-0.05, 0) is 6.42 Å². The predicted molar refractivity (Wildman–Crippen MR) is 61.3 cm³/mol. The number of carboxylic acids is 1. The number of aliphatic carboxylic acids is 1. The third-order valence-corrected chi connectivity index (χ3v) is 1.96. The molecule has 0 fully saturated rings. The summed E-state index contributed by atoms with van der Waals surface area (Å²) in [6.45, 7) is 2.01. The van der Waals surface area contributed by atoms with Gasteiger partial charge in [0.15, 0.2) is 0 Å². The Morgan fingerprint density at radius 2 is 1.95 bits per heavy atom. The highest BCUT2D eigenvalue weighted by Crippen LogP contribution is 2.13. The van der Waals surface area contributed by atoms with Crippen LogP contribution in [0.15, 0.2) is 4.42 Å². The fraction of sp³-hybridized carbons (Fsp3) is 0.600. The monoisotopic (exact) mass is 313 g/mol. The van der Waals surface area contributed by atoms with Crippen molar-refractivity contribution in [1.29, 1.82) is 0 Å². The lowest BCUT2D eigenvalue weighted by Gasteiger charge is -2.01. The molecule has 0 aliphatic rings. The third-order valence-electron chi connectivity index (χ3n) is 1.96. The number of aromatic nitrogens is 2. The van der Waals surface area contributed by atoms with E-state index in [0.717, 1.165) is 0 Å². The lowest BCUT2D eigenvalue weighted by molar-refractivity contribution is -0.192. The molecule has 0 saturated carbocycles. The molecule has 0 aliphatic carbocycles. The minimum Gasteiger partial charge on any atom is -0.475 e. The lowest BCUT2D eigenvalue weighted by Crippen LogP contribution is -2.29. The van der Waals surface area contributed by atoms with Crippen LogP contribution in [0.2, 0.25) is 0 Å². The number of ether oxygens (including phenoxy) is 1. The van der Waals surface area contributed by atoms with E-state index in [1.807, 2.05) is 6.92 Å². The first kappa shape index (κ1) is 19.0. The van der Waals surface area contributed by atoms with E-state index in [9.17, 15) is 18.0 Å². The number of carbonyl (C=O) groups excluding carboxylic acids is 1. The number of rotatable bonds is 5. The van der Waals surface area contributed by atoms with Gasteiger partial charge in [0.1, 0.15) is 6.61 Å². The Balaban J connectivity index is 0.000000486. The number of methoxy groups -OCH3 is 1. The van der Waals surface area contributed by atoms with Gasteiger partial charge in [-0.2, -0.15) is 13.2 Å². The Kier molecular flexibility index (Phi) is 7.52. The molecule has 0 spiro atoms. The molecule has 1 aromatic rings. The van der Waals surface area contributed by atoms with Gasteiger partial charge < -0.3 is 20.0 Å². The van der Waals surface area contributed by atoms with E-state index >= 15 is 0 Å². The largest absolute Gasteiger partial charge is 0.490 e. The Labute approximate surface area is 117 Å². The molecule has 1 heterocycles. The molecule has 21 heavy (non-hydrogen) atoms. The van der Waals surface area contributed by atoms with E-state index in [-0.39, 0.29) is 24.2 Å². The highest BCUT2D eigenvalue weighted by atomic mass is 19.4. The zero-order valence-corrected chi connectivity index (χ0v) is 11.2. The number of nitrogens with zero attached hydrogens (tertiary/aromatic N) is 2. The van der Waals surface area contributed by atoms with Crippen molar-refractivity contribution in [3.63, 3.8) is 0 Å². The van der Waals surface area contributed by atoms with Crippen LogP contribution in [0.5, 0.6) is 0 Å². The van der Waals surface area contributed by atoms with E-state index in [4.69, 9.17) is 24.8 Å². The van der Waals surface area contributed by atoms with Crippen LogP contribution in [0.4, 0.5) is 13.2 Å². The minimum absolute atomic E-state index is 0.0496. The molecule has 1 aromatic heterocycles. The summed E-state index contributed by atoms with van der Waals surface area (Å²) in [5.74, 6) is -2.86. The van der Waals surface area contributed by atoms with E-state index in [1.54, 1.807) is 0 Å². The number of carbonyl (C=O) groups is 2. The molecule has 0 amide bonds. The molecule has 0 bridgehead atoms. The van der Waals surface area contributed by atoms with Crippen LogP contribution in [0.1, 0.15) is 29.9 Å². The van der Waals surface area contributed by atoms with Crippen LogP contribution < -0.4 is 5.73 Å². The van der Waals surface area contributed by atoms with Gasteiger partial charge in [0.2, 0.25) is 11.7 Å². The number of alkyl halides is 3. The Morgan fingerprint density at radius 3 is 2.33 bits per heavy atom. The maximum absolute atomic E-state index is 11.4. The Morgan fingerprint density at radius 1 is 1.43 bits per heavy atom. The summed E-state index contributed by atoms with van der Waals surface area (Å²) in [7, 11) is 1.50. The third kappa shape index (κ3) is 6.81. The number of Topliss-reactive ketones (excluding diaryl/α,β-unsaturated/α-hetero) is 1. The summed E-state index contributed by atoms with van der Waals surface area (Å²) in [6, 6.07) is -0.578. The summed E-state index contributed by atoms with van der Waals surface area (Å²) in [5.41, 5.74) is 5.52. The first-order valence-corrected chi connectivity index (χ1v) is 5.54. The van der Waals surface area contributed by atoms with Crippen LogP contribution in [0, 0.1) is 0 Å². The molecule has 11 heteroatoms. The van der Waals surface area contributed by atoms with Gasteiger partial charge in [-0.15, -0.1) is 10.2 Å². The molecule has 8 nitrogen and oxygen atoms in total. The molecule has 0 aromatic carbocycles. The SMILES string of the molecule is CCC(N)C(=O)c1nnc(COC)o1.O=C(O)C(F)(F)F. The summed E-state index contributed by atoms with van der Waals surface area (Å²) in [4.78, 5) is 20.3. The molecule has 0 aliphatic heterocycles. The average molecular weight is 313 g/mol. The quantitative estimate of drug-likeness (QED) is 0.763. The number of ketones is 1. The van der Waals surface area contributed by atoms with Gasteiger partial charge in [0, 0.05) is 7.11 Å². The zero-order chi connectivity index (χ0) is 16.6. The maximum Gasteiger partial charge on any atom is 0.490 e. The van der Waals surface area contributed by atoms with Crippen molar-refractivity contribution in [3.8, 4) is 0 Å². The molecule has 1 unspecified atom stereocenters. The van der Waals surface area contributed by atoms with Crippen LogP contribution in [-0.4, -0.2) is 46.4 Å². The van der Waals surface area contributed by atoms with E-state index < -0.39 is 18.2 Å². The lowest BCUT2D eigenvalue weighted by atomic mass is 10.1. The second-order valence-electron chi connectivity index (χ2n) is 3.62. The smallest absolute Gasteiger partial charge is 0.475 e. The highest BCUT2D eigenvalue weighted by Gasteiger charge is 2.38. The van der Waals surface area contributed by atoms with Crippen molar-refractivity contribution in [2.75, 3.05) is 7.11 Å². The Bertz CT molecular complexity index is 475. The van der Waals surface area contributed by atoms with Gasteiger partial charge in [-0.1, -0.05) is 6.92 Å². The number of hydrogen-bond donors (Lipinski definition) is 2. The first-order valence-electron chi connectivity index (χ1n) is 5.54. The van der Waals surface area contributed by atoms with Crippen molar-refractivity contribution >= 4 is 11.8 Å². The second-order valence-corrected chi connectivity index (χ2v) is 3.62. The topological polar surface area (TPSA) is 129 Å². The van der Waals surface area contributed by atoms with Crippen LogP contribution >= 0.6 is 0 Å². The first-order chi connectivity index (χ1) is 9.63. The summed E-state index contributed by atoms with van der Waals surface area (Å²) >= 11 is 0. The number of hydrogen-bond acceptors (Lipinski definition) is 7. The van der Waals surface area contributed by atoms with Gasteiger partial charge >= 0.3 is 12.1 Å². The van der Waals surface area contributed by atoms with Crippen molar-refractivity contribution < 1.29 is 37.0 Å². The summed E-state index contributed by atoms with van der Waals surface area (Å²) < 4.78 is 41.5. The van der Waals surface area contributed by atoms with Gasteiger partial charge in [-0.25, -0.2) is 4.79 Å². The van der Waals surface area contributed by atoms with Crippen LogP contribution in [-0.2, 0) is 16.1 Å². The van der Waals surface area contributed by atoms with Gasteiger partial charge in [0.25, 0.3) is 5.89 Å². The van der Waals surface area contributed by atoms with E-state index in [2.05, 4.69) is 10.2 Å². The molecule has 3 N–H and O–H groups in total. The molecule has 1 rings (SSSR count). The van der Waals surface area contributed by atoms with Crippen molar-refractivity contribution in [1.82, 2.24) is 10.2 Å². The number of halogens is 3. The average Bonchev–Trinajstić information content (AvgIpc) is 2.85. The molecular formula is C10H14F3N3O5. The summed E-state index contributed by atoms with van der Waals surface area (Å²) in [6.07, 6.45) is -4.54. The van der Waals surface area contributed by atoms with E-state index in [1.165, 1.54) is 7.11 Å². The number of carboxylic acid groups (broad SMARTS) is 1. The fourth-order valence-corrected chi connectivity index (χ4v) is 0.879. The zero-order valence-electron chi connectivity index (χ0n) is 11.2. The van der Waals surface area contributed by atoms with E-state index in [0.29, 0.717) is 6.42 Å².